The third kappa shape index (κ3) is 3.07. The van der Waals surface area contributed by atoms with Crippen molar-refractivity contribution in [3.8, 4) is 5.75 Å². The molecule has 0 radical (unpaired) electrons. The number of benzene rings is 1. The number of amides is 1. The first kappa shape index (κ1) is 12.5. The standard InChI is InChI=1S/C15H20N2O2/c16-15(7-8-15)14(18)17-9-12-3-1-2-4-13(12)19-10-11-5-6-11/h1-4,11H,5-10,16H2,(H,17,18). The fraction of sp³-hybridized carbons (Fsp3) is 0.533. The van der Waals surface area contributed by atoms with Gasteiger partial charge in [0, 0.05) is 12.1 Å². The van der Waals surface area contributed by atoms with Gasteiger partial charge in [-0.15, -0.1) is 0 Å². The highest BCUT2D eigenvalue weighted by atomic mass is 16.5. The van der Waals surface area contributed by atoms with Crippen molar-refractivity contribution < 1.29 is 9.53 Å². The van der Waals surface area contributed by atoms with Gasteiger partial charge in [-0.3, -0.25) is 4.79 Å². The molecule has 0 bridgehead atoms. The zero-order chi connectivity index (χ0) is 13.3. The molecule has 2 aliphatic carbocycles. The number of hydrogen-bond acceptors (Lipinski definition) is 3. The molecule has 0 aliphatic heterocycles. The zero-order valence-corrected chi connectivity index (χ0v) is 11.0. The Morgan fingerprint density at radius 1 is 1.37 bits per heavy atom. The molecule has 2 aliphatic rings. The first-order chi connectivity index (χ1) is 9.17. The predicted octanol–water partition coefficient (Wildman–Crippen LogP) is 1.58. The van der Waals surface area contributed by atoms with E-state index >= 15 is 0 Å². The summed E-state index contributed by atoms with van der Waals surface area (Å²) < 4.78 is 5.81. The minimum atomic E-state index is -0.607. The van der Waals surface area contributed by atoms with Gasteiger partial charge in [-0.2, -0.15) is 0 Å². The normalized spacial score (nSPS) is 19.8. The highest BCUT2D eigenvalue weighted by Gasteiger charge is 2.45. The number of nitrogens with two attached hydrogens (primary N) is 1. The average molecular weight is 260 g/mol. The summed E-state index contributed by atoms with van der Waals surface area (Å²) in [6, 6.07) is 7.86. The largest absolute Gasteiger partial charge is 0.493 e. The molecule has 0 aromatic heterocycles. The lowest BCUT2D eigenvalue weighted by atomic mass is 10.2. The van der Waals surface area contributed by atoms with Gasteiger partial charge in [0.2, 0.25) is 5.91 Å². The summed E-state index contributed by atoms with van der Waals surface area (Å²) in [5, 5.41) is 2.90. The third-order valence-electron chi connectivity index (χ3n) is 3.82. The number of nitrogens with one attached hydrogen (secondary N) is 1. The molecule has 2 saturated carbocycles. The van der Waals surface area contributed by atoms with Crippen molar-refractivity contribution in [2.75, 3.05) is 6.61 Å². The quantitative estimate of drug-likeness (QED) is 0.816. The second-order valence-corrected chi connectivity index (χ2v) is 5.70. The van der Waals surface area contributed by atoms with Crippen LogP contribution in [0.5, 0.6) is 5.75 Å². The molecular weight excluding hydrogens is 240 g/mol. The minimum Gasteiger partial charge on any atom is -0.493 e. The lowest BCUT2D eigenvalue weighted by molar-refractivity contribution is -0.123. The number of carbonyl (C=O) groups excluding carboxylic acids is 1. The van der Waals surface area contributed by atoms with E-state index in [0.29, 0.717) is 6.54 Å². The predicted molar refractivity (Wildman–Crippen MR) is 72.7 cm³/mol. The van der Waals surface area contributed by atoms with E-state index in [1.165, 1.54) is 12.8 Å². The smallest absolute Gasteiger partial charge is 0.240 e. The molecule has 1 amide bonds. The Balaban J connectivity index is 1.57. The topological polar surface area (TPSA) is 64.4 Å². The van der Waals surface area contributed by atoms with Crippen molar-refractivity contribution in [3.05, 3.63) is 29.8 Å². The summed E-state index contributed by atoms with van der Waals surface area (Å²) in [6.45, 7) is 1.27. The van der Waals surface area contributed by atoms with Gasteiger partial charge in [0.1, 0.15) is 5.75 Å². The molecule has 0 atom stereocenters. The molecule has 0 heterocycles. The van der Waals surface area contributed by atoms with E-state index in [4.69, 9.17) is 10.5 Å². The van der Waals surface area contributed by atoms with Gasteiger partial charge in [0.25, 0.3) is 0 Å². The Labute approximate surface area is 113 Å². The van der Waals surface area contributed by atoms with Crippen LogP contribution in [0.3, 0.4) is 0 Å². The van der Waals surface area contributed by atoms with Crippen molar-refractivity contribution >= 4 is 5.91 Å². The van der Waals surface area contributed by atoms with Crippen molar-refractivity contribution in [1.29, 1.82) is 0 Å². The molecule has 0 spiro atoms. The van der Waals surface area contributed by atoms with Crippen LogP contribution in [0.15, 0.2) is 24.3 Å². The van der Waals surface area contributed by atoms with Crippen molar-refractivity contribution in [3.63, 3.8) is 0 Å². The third-order valence-corrected chi connectivity index (χ3v) is 3.82. The molecule has 3 rings (SSSR count). The molecule has 4 heteroatoms. The van der Waals surface area contributed by atoms with E-state index in [9.17, 15) is 4.79 Å². The molecular formula is C15H20N2O2. The van der Waals surface area contributed by atoms with Crippen LogP contribution < -0.4 is 15.8 Å². The molecule has 0 unspecified atom stereocenters. The van der Waals surface area contributed by atoms with Gasteiger partial charge in [0.05, 0.1) is 12.1 Å². The summed E-state index contributed by atoms with van der Waals surface area (Å²) in [7, 11) is 0. The second kappa shape index (κ2) is 4.85. The maximum atomic E-state index is 11.8. The Morgan fingerprint density at radius 3 is 2.79 bits per heavy atom. The van der Waals surface area contributed by atoms with Crippen LogP contribution in [0, 0.1) is 5.92 Å². The van der Waals surface area contributed by atoms with Crippen molar-refractivity contribution in [2.45, 2.75) is 37.8 Å². The Hall–Kier alpha value is -1.55. The summed E-state index contributed by atoms with van der Waals surface area (Å²) in [5.74, 6) is 1.54. The van der Waals surface area contributed by atoms with Crippen LogP contribution in [0.4, 0.5) is 0 Å². The average Bonchev–Trinajstić information content (AvgIpc) is 3.31. The van der Waals surface area contributed by atoms with Gasteiger partial charge in [-0.1, -0.05) is 18.2 Å². The maximum Gasteiger partial charge on any atom is 0.240 e. The number of para-hydroxylation sites is 1. The van der Waals surface area contributed by atoms with Gasteiger partial charge in [-0.05, 0) is 37.7 Å². The number of hydrogen-bond donors (Lipinski definition) is 2. The first-order valence-electron chi connectivity index (χ1n) is 6.95. The van der Waals surface area contributed by atoms with E-state index < -0.39 is 5.54 Å². The van der Waals surface area contributed by atoms with E-state index in [2.05, 4.69) is 5.32 Å². The van der Waals surface area contributed by atoms with Gasteiger partial charge in [0.15, 0.2) is 0 Å². The van der Waals surface area contributed by atoms with E-state index in [-0.39, 0.29) is 5.91 Å². The first-order valence-corrected chi connectivity index (χ1v) is 6.95. The van der Waals surface area contributed by atoms with Crippen LogP contribution >= 0.6 is 0 Å². The molecule has 3 N–H and O–H groups in total. The van der Waals surface area contributed by atoms with Crippen LogP contribution in [0.1, 0.15) is 31.2 Å². The molecule has 1 aromatic carbocycles. The SMILES string of the molecule is NC1(C(=O)NCc2ccccc2OCC2CC2)CC1. The van der Waals surface area contributed by atoms with E-state index in [0.717, 1.165) is 36.7 Å². The Kier molecular flexibility index (Phi) is 3.19. The van der Waals surface area contributed by atoms with Crippen molar-refractivity contribution in [2.24, 2.45) is 11.7 Å². The number of rotatable bonds is 6. The van der Waals surface area contributed by atoms with Crippen LogP contribution in [0.25, 0.3) is 0 Å². The fourth-order valence-electron chi connectivity index (χ4n) is 2.00. The molecule has 102 valence electrons. The summed E-state index contributed by atoms with van der Waals surface area (Å²) in [6.07, 6.45) is 4.13. The Bertz CT molecular complexity index is 479. The lowest BCUT2D eigenvalue weighted by Gasteiger charge is -2.13. The Morgan fingerprint density at radius 2 is 2.11 bits per heavy atom. The van der Waals surface area contributed by atoms with E-state index in [1.807, 2.05) is 24.3 Å². The number of carbonyl (C=O) groups is 1. The van der Waals surface area contributed by atoms with Crippen LogP contribution in [0.2, 0.25) is 0 Å². The zero-order valence-electron chi connectivity index (χ0n) is 11.0. The van der Waals surface area contributed by atoms with Crippen LogP contribution in [-0.4, -0.2) is 18.1 Å². The second-order valence-electron chi connectivity index (χ2n) is 5.70. The van der Waals surface area contributed by atoms with Crippen LogP contribution in [-0.2, 0) is 11.3 Å². The summed E-state index contributed by atoms with van der Waals surface area (Å²) in [4.78, 5) is 11.8. The fourth-order valence-corrected chi connectivity index (χ4v) is 2.00. The molecule has 1 aromatic rings. The van der Waals surface area contributed by atoms with Crippen molar-refractivity contribution in [1.82, 2.24) is 5.32 Å². The molecule has 0 saturated heterocycles. The highest BCUT2D eigenvalue weighted by Crippen LogP contribution is 2.32. The van der Waals surface area contributed by atoms with Gasteiger partial charge in [-0.25, -0.2) is 0 Å². The molecule has 19 heavy (non-hydrogen) atoms. The lowest BCUT2D eigenvalue weighted by Crippen LogP contribution is -2.42. The van der Waals surface area contributed by atoms with E-state index in [1.54, 1.807) is 0 Å². The summed E-state index contributed by atoms with van der Waals surface area (Å²) >= 11 is 0. The maximum absolute atomic E-state index is 11.8. The highest BCUT2D eigenvalue weighted by molar-refractivity contribution is 5.88. The monoisotopic (exact) mass is 260 g/mol. The minimum absolute atomic E-state index is 0.0514. The van der Waals surface area contributed by atoms with Gasteiger partial charge >= 0.3 is 0 Å². The number of ether oxygens (including phenoxy) is 1. The molecule has 2 fully saturated rings. The summed E-state index contributed by atoms with van der Waals surface area (Å²) in [5.41, 5.74) is 6.26. The molecule has 4 nitrogen and oxygen atoms in total. The van der Waals surface area contributed by atoms with Gasteiger partial charge < -0.3 is 15.8 Å².